The van der Waals surface area contributed by atoms with Gasteiger partial charge in [0.1, 0.15) is 0 Å². The summed E-state index contributed by atoms with van der Waals surface area (Å²) in [6.45, 7) is 0. The molecule has 0 atom stereocenters. The third-order valence-corrected chi connectivity index (χ3v) is 6.99. The standard InChI is InChI=1S/C25H29BrN2O/c26-21-11-13-22(14-12-21)28-27-17-18-15-23(19-7-3-1-4-8-19)25(29)24(16-18)20-9-5-2-6-10-20/h11-17,19-20H,1-10H2. The van der Waals surface area contributed by atoms with Gasteiger partial charge in [-0.2, -0.15) is 10.2 Å². The normalized spacial score (nSPS) is 22.0. The summed E-state index contributed by atoms with van der Waals surface area (Å²) in [5.41, 5.74) is 3.90. The smallest absolute Gasteiger partial charge is 0.185 e. The molecule has 3 aliphatic carbocycles. The van der Waals surface area contributed by atoms with E-state index in [1.165, 1.54) is 38.5 Å². The molecule has 0 radical (unpaired) electrons. The fraction of sp³-hybridized carbons (Fsp3) is 0.480. The molecular weight excluding hydrogens is 424 g/mol. The highest BCUT2D eigenvalue weighted by Gasteiger charge is 2.31. The van der Waals surface area contributed by atoms with Crippen molar-refractivity contribution < 1.29 is 4.79 Å². The molecule has 0 amide bonds. The highest BCUT2D eigenvalue weighted by Crippen LogP contribution is 2.39. The van der Waals surface area contributed by atoms with Crippen LogP contribution in [0.5, 0.6) is 0 Å². The number of benzene rings is 1. The maximum absolute atomic E-state index is 13.4. The molecule has 1 aromatic carbocycles. The predicted molar refractivity (Wildman–Crippen MR) is 121 cm³/mol. The minimum Gasteiger partial charge on any atom is -0.289 e. The van der Waals surface area contributed by atoms with E-state index >= 15 is 0 Å². The highest BCUT2D eigenvalue weighted by molar-refractivity contribution is 9.10. The van der Waals surface area contributed by atoms with Gasteiger partial charge in [0.2, 0.25) is 0 Å². The van der Waals surface area contributed by atoms with E-state index in [1.807, 2.05) is 30.5 Å². The maximum atomic E-state index is 13.4. The fourth-order valence-corrected chi connectivity index (χ4v) is 5.14. The molecule has 0 aliphatic heterocycles. The second kappa shape index (κ2) is 9.80. The molecule has 0 saturated heterocycles. The Morgan fingerprint density at radius 1 is 0.793 bits per heavy atom. The molecule has 152 valence electrons. The molecule has 3 aliphatic rings. The molecule has 0 unspecified atom stereocenters. The Kier molecular flexibility index (Phi) is 6.91. The fourth-order valence-electron chi connectivity index (χ4n) is 4.88. The second-order valence-corrected chi connectivity index (χ2v) is 9.44. The third-order valence-electron chi connectivity index (χ3n) is 6.47. The van der Waals surface area contributed by atoms with Gasteiger partial charge in [0, 0.05) is 15.6 Å². The molecule has 0 heterocycles. The second-order valence-electron chi connectivity index (χ2n) is 8.52. The van der Waals surface area contributed by atoms with Crippen molar-refractivity contribution in [3.63, 3.8) is 0 Å². The number of Topliss-reactive ketones (excluding diaryl/α,β-unsaturated/α-hetero) is 1. The molecule has 0 N–H and O–H groups in total. The van der Waals surface area contributed by atoms with Crippen molar-refractivity contribution in [3.05, 3.63) is 63.8 Å². The van der Waals surface area contributed by atoms with Crippen molar-refractivity contribution in [2.75, 3.05) is 0 Å². The zero-order valence-electron chi connectivity index (χ0n) is 16.9. The van der Waals surface area contributed by atoms with Crippen molar-refractivity contribution in [2.24, 2.45) is 22.1 Å². The van der Waals surface area contributed by atoms with Crippen molar-refractivity contribution in [2.45, 2.75) is 64.2 Å². The lowest BCUT2D eigenvalue weighted by Crippen LogP contribution is -2.25. The molecule has 0 bridgehead atoms. The first-order valence-corrected chi connectivity index (χ1v) is 11.8. The first-order valence-electron chi connectivity index (χ1n) is 11.0. The topological polar surface area (TPSA) is 41.8 Å². The van der Waals surface area contributed by atoms with Gasteiger partial charge in [-0.25, -0.2) is 0 Å². The summed E-state index contributed by atoms with van der Waals surface area (Å²) in [5.74, 6) is 1.14. The van der Waals surface area contributed by atoms with Crippen LogP contribution in [0, 0.1) is 11.8 Å². The van der Waals surface area contributed by atoms with Crippen molar-refractivity contribution >= 4 is 27.4 Å². The highest BCUT2D eigenvalue weighted by atomic mass is 79.9. The average Bonchev–Trinajstić information content (AvgIpc) is 2.77. The quantitative estimate of drug-likeness (QED) is 0.426. The van der Waals surface area contributed by atoms with Gasteiger partial charge in [-0.1, -0.05) is 54.5 Å². The Bertz CT molecular complexity index is 811. The third kappa shape index (κ3) is 5.22. The summed E-state index contributed by atoms with van der Waals surface area (Å²) in [7, 11) is 0. The zero-order valence-corrected chi connectivity index (χ0v) is 18.5. The Labute approximate surface area is 182 Å². The van der Waals surface area contributed by atoms with Gasteiger partial charge in [-0.05, 0) is 79.5 Å². The van der Waals surface area contributed by atoms with Crippen LogP contribution in [0.25, 0.3) is 0 Å². The Balaban J connectivity index is 1.60. The molecule has 3 nitrogen and oxygen atoms in total. The number of hydrogen-bond acceptors (Lipinski definition) is 3. The molecule has 2 saturated carbocycles. The molecule has 0 spiro atoms. The number of ketones is 1. The Hall–Kier alpha value is -1.81. The largest absolute Gasteiger partial charge is 0.289 e. The van der Waals surface area contributed by atoms with Gasteiger partial charge in [0.05, 0.1) is 11.9 Å². The maximum Gasteiger partial charge on any atom is 0.185 e. The number of azo groups is 1. The van der Waals surface area contributed by atoms with Crippen LogP contribution in [-0.2, 0) is 4.79 Å². The first kappa shape index (κ1) is 20.5. The van der Waals surface area contributed by atoms with Crippen molar-refractivity contribution in [1.29, 1.82) is 0 Å². The number of halogens is 1. The predicted octanol–water partition coefficient (Wildman–Crippen LogP) is 8.01. The minimum atomic E-state index is 0.311. The lowest BCUT2D eigenvalue weighted by Gasteiger charge is -2.30. The van der Waals surface area contributed by atoms with Gasteiger partial charge < -0.3 is 0 Å². The average molecular weight is 453 g/mol. The summed E-state index contributed by atoms with van der Waals surface area (Å²) in [6, 6.07) is 7.79. The lowest BCUT2D eigenvalue weighted by atomic mass is 9.73. The molecule has 2 fully saturated rings. The minimum absolute atomic E-state index is 0.311. The number of carbonyl (C=O) groups excluding carboxylic acids is 1. The van der Waals surface area contributed by atoms with E-state index in [0.29, 0.717) is 17.6 Å². The van der Waals surface area contributed by atoms with Crippen molar-refractivity contribution in [3.8, 4) is 0 Å². The van der Waals surface area contributed by atoms with Crippen LogP contribution >= 0.6 is 15.9 Å². The molecule has 4 rings (SSSR count). The number of nitrogens with zero attached hydrogens (tertiary/aromatic N) is 2. The SMILES string of the molecule is O=C1C(C2CCCCC2)=CC(=CN=Nc2ccc(Br)cc2)C=C1C1CCCCC1. The summed E-state index contributed by atoms with van der Waals surface area (Å²) < 4.78 is 1.03. The van der Waals surface area contributed by atoms with E-state index in [-0.39, 0.29) is 0 Å². The van der Waals surface area contributed by atoms with Crippen molar-refractivity contribution in [1.82, 2.24) is 0 Å². The Morgan fingerprint density at radius 2 is 1.31 bits per heavy atom. The number of hydrogen-bond donors (Lipinski definition) is 0. The zero-order chi connectivity index (χ0) is 20.1. The van der Waals surface area contributed by atoms with Crippen LogP contribution in [-0.4, -0.2) is 5.78 Å². The first-order chi connectivity index (χ1) is 14.2. The van der Waals surface area contributed by atoms with E-state index in [9.17, 15) is 4.79 Å². The lowest BCUT2D eigenvalue weighted by molar-refractivity contribution is -0.113. The van der Waals surface area contributed by atoms with Gasteiger partial charge in [-0.15, -0.1) is 0 Å². The van der Waals surface area contributed by atoms with Gasteiger partial charge in [0.25, 0.3) is 0 Å². The molecule has 29 heavy (non-hydrogen) atoms. The van der Waals surface area contributed by atoms with Crippen LogP contribution < -0.4 is 0 Å². The molecule has 1 aromatic rings. The van der Waals surface area contributed by atoms with Gasteiger partial charge in [-0.3, -0.25) is 4.79 Å². The van der Waals surface area contributed by atoms with Crippen LogP contribution in [0.4, 0.5) is 5.69 Å². The van der Waals surface area contributed by atoms with E-state index in [1.54, 1.807) is 0 Å². The van der Waals surface area contributed by atoms with E-state index in [4.69, 9.17) is 0 Å². The number of allylic oxidation sites excluding steroid dienone is 5. The summed E-state index contributed by atoms with van der Waals surface area (Å²) >= 11 is 3.44. The van der Waals surface area contributed by atoms with Crippen LogP contribution in [0.2, 0.25) is 0 Å². The number of rotatable bonds is 4. The monoisotopic (exact) mass is 452 g/mol. The van der Waals surface area contributed by atoms with E-state index < -0.39 is 0 Å². The van der Waals surface area contributed by atoms with Crippen LogP contribution in [0.15, 0.2) is 74.0 Å². The summed E-state index contributed by atoms with van der Waals surface area (Å²) in [4.78, 5) is 13.4. The van der Waals surface area contributed by atoms with Crippen LogP contribution in [0.1, 0.15) is 64.2 Å². The number of carbonyl (C=O) groups is 1. The van der Waals surface area contributed by atoms with Crippen LogP contribution in [0.3, 0.4) is 0 Å². The molecule has 0 aromatic heterocycles. The van der Waals surface area contributed by atoms with Gasteiger partial charge in [0.15, 0.2) is 5.78 Å². The van der Waals surface area contributed by atoms with E-state index in [2.05, 4.69) is 38.3 Å². The van der Waals surface area contributed by atoms with E-state index in [0.717, 1.165) is 52.6 Å². The Morgan fingerprint density at radius 3 is 1.83 bits per heavy atom. The summed E-state index contributed by atoms with van der Waals surface area (Å²) in [5, 5.41) is 8.65. The summed E-state index contributed by atoms with van der Waals surface area (Å²) in [6.07, 6.45) is 18.1. The molecule has 4 heteroatoms. The molecular formula is C25H29BrN2O. The van der Waals surface area contributed by atoms with Gasteiger partial charge >= 0.3 is 0 Å².